The van der Waals surface area contributed by atoms with E-state index in [1.165, 1.54) is 11.1 Å². The summed E-state index contributed by atoms with van der Waals surface area (Å²) < 4.78 is 6.71. The van der Waals surface area contributed by atoms with Gasteiger partial charge in [-0.1, -0.05) is 91.0 Å². The average Bonchev–Trinajstić information content (AvgIpc) is 3.30. The summed E-state index contributed by atoms with van der Waals surface area (Å²) in [7, 11) is 0. The molecule has 34 heavy (non-hydrogen) atoms. The van der Waals surface area contributed by atoms with Crippen LogP contribution < -0.4 is 5.32 Å². The van der Waals surface area contributed by atoms with Crippen LogP contribution in [-0.4, -0.2) is 47.2 Å². The van der Waals surface area contributed by atoms with Gasteiger partial charge < -0.3 is 20.3 Å². The molecule has 4 heteroatoms. The predicted octanol–water partition coefficient (Wildman–Crippen LogP) is 3.80. The van der Waals surface area contributed by atoms with E-state index in [1.54, 1.807) is 0 Å². The van der Waals surface area contributed by atoms with Gasteiger partial charge in [-0.3, -0.25) is 0 Å². The van der Waals surface area contributed by atoms with Crippen molar-refractivity contribution in [1.29, 1.82) is 0 Å². The first kappa shape index (κ1) is 23.3. The normalized spacial score (nSPS) is 29.5. The molecule has 0 spiro atoms. The number of aliphatic hydroxyl groups excluding tert-OH is 2. The summed E-state index contributed by atoms with van der Waals surface area (Å²) >= 11 is 0. The quantitative estimate of drug-likeness (QED) is 0.482. The standard InChI is InChI=1S/C30H35NO3/c32-20-24-19-28-29(31-24)25(16-21-10-4-1-5-11-21)26(17-22-12-6-2-7-13-22)30(34-28)27(33)18-23-14-8-3-9-15-23/h1-15,24-33H,16-20H2/t24-,25-,26+,27?,28+,29-,30+/m0/s1. The third kappa shape index (κ3) is 5.26. The highest BCUT2D eigenvalue weighted by molar-refractivity contribution is 5.22. The lowest BCUT2D eigenvalue weighted by molar-refractivity contribution is -0.158. The van der Waals surface area contributed by atoms with Gasteiger partial charge in [0.25, 0.3) is 0 Å². The van der Waals surface area contributed by atoms with Crippen molar-refractivity contribution in [2.24, 2.45) is 11.8 Å². The molecule has 0 aromatic heterocycles. The van der Waals surface area contributed by atoms with E-state index in [1.807, 2.05) is 24.3 Å². The van der Waals surface area contributed by atoms with Crippen molar-refractivity contribution < 1.29 is 14.9 Å². The third-order valence-corrected chi connectivity index (χ3v) is 7.63. The molecule has 2 fully saturated rings. The van der Waals surface area contributed by atoms with E-state index in [4.69, 9.17) is 4.74 Å². The van der Waals surface area contributed by atoms with Gasteiger partial charge >= 0.3 is 0 Å². The molecular weight excluding hydrogens is 422 g/mol. The van der Waals surface area contributed by atoms with Gasteiger partial charge in [-0.15, -0.1) is 0 Å². The fourth-order valence-electron chi connectivity index (χ4n) is 6.02. The number of fused-ring (bicyclic) bond motifs is 1. The Hall–Kier alpha value is -2.50. The van der Waals surface area contributed by atoms with E-state index in [2.05, 4.69) is 72.0 Å². The molecule has 178 valence electrons. The number of nitrogens with one attached hydrogen (secondary N) is 1. The van der Waals surface area contributed by atoms with Gasteiger partial charge in [0.2, 0.25) is 0 Å². The summed E-state index contributed by atoms with van der Waals surface area (Å²) in [6, 6.07) is 31.6. The lowest BCUT2D eigenvalue weighted by Gasteiger charge is -2.47. The second kappa shape index (κ2) is 10.8. The van der Waals surface area contributed by atoms with Crippen molar-refractivity contribution in [3.8, 4) is 0 Å². The molecule has 1 unspecified atom stereocenters. The van der Waals surface area contributed by atoms with Crippen molar-refractivity contribution >= 4 is 0 Å². The molecule has 0 saturated carbocycles. The zero-order chi connectivity index (χ0) is 23.3. The second-order valence-corrected chi connectivity index (χ2v) is 9.91. The summed E-state index contributed by atoms with van der Waals surface area (Å²) in [5, 5.41) is 25.1. The number of benzene rings is 3. The molecule has 0 amide bonds. The lowest BCUT2D eigenvalue weighted by Crippen LogP contribution is -2.57. The van der Waals surface area contributed by atoms with Crippen molar-refractivity contribution in [3.63, 3.8) is 0 Å². The Morgan fingerprint density at radius 3 is 1.85 bits per heavy atom. The SMILES string of the molecule is OC[C@@H]1C[C@H]2O[C@@H](C(O)Cc3ccccc3)[C@H](Cc3ccccc3)[C@H](Cc3ccccc3)[C@@H]2N1. The molecule has 2 aliphatic rings. The van der Waals surface area contributed by atoms with E-state index in [0.717, 1.165) is 24.8 Å². The van der Waals surface area contributed by atoms with Crippen LogP contribution in [0.2, 0.25) is 0 Å². The van der Waals surface area contributed by atoms with Crippen LogP contribution >= 0.6 is 0 Å². The van der Waals surface area contributed by atoms with Crippen LogP contribution in [-0.2, 0) is 24.0 Å². The van der Waals surface area contributed by atoms with E-state index >= 15 is 0 Å². The first-order valence-corrected chi connectivity index (χ1v) is 12.5. The highest BCUT2D eigenvalue weighted by atomic mass is 16.5. The number of hydrogen-bond donors (Lipinski definition) is 3. The molecule has 2 saturated heterocycles. The zero-order valence-corrected chi connectivity index (χ0v) is 19.5. The fourth-order valence-corrected chi connectivity index (χ4v) is 6.02. The number of hydrogen-bond acceptors (Lipinski definition) is 4. The van der Waals surface area contributed by atoms with Crippen molar-refractivity contribution in [2.75, 3.05) is 6.61 Å². The molecular formula is C30H35NO3. The van der Waals surface area contributed by atoms with Crippen LogP contribution in [0.25, 0.3) is 0 Å². The van der Waals surface area contributed by atoms with Crippen molar-refractivity contribution in [1.82, 2.24) is 5.32 Å². The van der Waals surface area contributed by atoms with Crippen molar-refractivity contribution in [3.05, 3.63) is 108 Å². The van der Waals surface area contributed by atoms with Crippen LogP contribution in [0.5, 0.6) is 0 Å². The largest absolute Gasteiger partial charge is 0.395 e. The average molecular weight is 458 g/mol. The van der Waals surface area contributed by atoms with Crippen LogP contribution in [0.1, 0.15) is 23.1 Å². The third-order valence-electron chi connectivity index (χ3n) is 7.63. The summed E-state index contributed by atoms with van der Waals surface area (Å²) in [4.78, 5) is 0. The van der Waals surface area contributed by atoms with Gasteiger partial charge in [0.05, 0.1) is 24.9 Å². The maximum atomic E-state index is 11.5. The highest BCUT2D eigenvalue weighted by Gasteiger charge is 2.51. The summed E-state index contributed by atoms with van der Waals surface area (Å²) in [5.41, 5.74) is 3.69. The summed E-state index contributed by atoms with van der Waals surface area (Å²) in [6.07, 6.45) is 2.25. The molecule has 0 bridgehead atoms. The lowest BCUT2D eigenvalue weighted by atomic mass is 9.70. The maximum Gasteiger partial charge on any atom is 0.0876 e. The van der Waals surface area contributed by atoms with Gasteiger partial charge in [0.1, 0.15) is 0 Å². The smallest absolute Gasteiger partial charge is 0.0876 e. The molecule has 2 heterocycles. The molecule has 7 atom stereocenters. The molecule has 0 radical (unpaired) electrons. The second-order valence-electron chi connectivity index (χ2n) is 9.91. The van der Waals surface area contributed by atoms with Crippen molar-refractivity contribution in [2.45, 2.75) is 56.1 Å². The Bertz CT molecular complexity index is 1010. The minimum Gasteiger partial charge on any atom is -0.395 e. The minimum absolute atomic E-state index is 0.00620. The Labute approximate surface area is 202 Å². The Balaban J connectivity index is 1.48. The summed E-state index contributed by atoms with van der Waals surface area (Å²) in [6.45, 7) is 0.106. The summed E-state index contributed by atoms with van der Waals surface area (Å²) in [5.74, 6) is 0.431. The van der Waals surface area contributed by atoms with Gasteiger partial charge in [-0.25, -0.2) is 0 Å². The molecule has 2 aliphatic heterocycles. The van der Waals surface area contributed by atoms with Gasteiger partial charge in [0.15, 0.2) is 0 Å². The number of ether oxygens (including phenoxy) is 1. The zero-order valence-electron chi connectivity index (χ0n) is 19.5. The van der Waals surface area contributed by atoms with Gasteiger partial charge in [0, 0.05) is 18.5 Å². The van der Waals surface area contributed by atoms with Gasteiger partial charge in [-0.05, 0) is 47.8 Å². The minimum atomic E-state index is -0.594. The Kier molecular flexibility index (Phi) is 7.41. The number of rotatable bonds is 8. The molecule has 4 nitrogen and oxygen atoms in total. The Morgan fingerprint density at radius 1 is 0.765 bits per heavy atom. The van der Waals surface area contributed by atoms with Gasteiger partial charge in [-0.2, -0.15) is 0 Å². The van der Waals surface area contributed by atoms with E-state index in [-0.39, 0.29) is 42.7 Å². The van der Waals surface area contributed by atoms with E-state index < -0.39 is 6.10 Å². The molecule has 3 aromatic rings. The highest BCUT2D eigenvalue weighted by Crippen LogP contribution is 2.41. The predicted molar refractivity (Wildman–Crippen MR) is 135 cm³/mol. The van der Waals surface area contributed by atoms with E-state index in [0.29, 0.717) is 6.42 Å². The molecule has 5 rings (SSSR count). The molecule has 3 aromatic carbocycles. The van der Waals surface area contributed by atoms with Crippen LogP contribution in [0.4, 0.5) is 0 Å². The first-order valence-electron chi connectivity index (χ1n) is 12.5. The van der Waals surface area contributed by atoms with Crippen LogP contribution in [0.15, 0.2) is 91.0 Å². The maximum absolute atomic E-state index is 11.5. The van der Waals surface area contributed by atoms with E-state index in [9.17, 15) is 10.2 Å². The molecule has 3 N–H and O–H groups in total. The fraction of sp³-hybridized carbons (Fsp3) is 0.400. The number of aliphatic hydroxyl groups is 2. The topological polar surface area (TPSA) is 61.7 Å². The monoisotopic (exact) mass is 457 g/mol. The van der Waals surface area contributed by atoms with Crippen LogP contribution in [0, 0.1) is 11.8 Å². The molecule has 0 aliphatic carbocycles. The first-order chi connectivity index (χ1) is 16.7. The Morgan fingerprint density at radius 2 is 1.29 bits per heavy atom. The van der Waals surface area contributed by atoms with Crippen LogP contribution in [0.3, 0.4) is 0 Å².